The number of hydrogen-bond donors (Lipinski definition) is 1. The van der Waals surface area contributed by atoms with Crippen molar-refractivity contribution in [1.29, 1.82) is 0 Å². The van der Waals surface area contributed by atoms with Crippen molar-refractivity contribution in [3.05, 3.63) is 60.2 Å². The summed E-state index contributed by atoms with van der Waals surface area (Å²) in [6.45, 7) is -1.20. The lowest BCUT2D eigenvalue weighted by molar-refractivity contribution is -0.143. The monoisotopic (exact) mass is 437 g/mol. The smallest absolute Gasteiger partial charge is 0.405 e. The van der Waals surface area contributed by atoms with Gasteiger partial charge in [-0.2, -0.15) is 13.2 Å². The number of halogens is 4. The fourth-order valence-corrected chi connectivity index (χ4v) is 3.11. The molecule has 6 nitrogen and oxygen atoms in total. The number of carbonyl (C=O) groups excluding carboxylic acids is 2. The Balaban J connectivity index is 1.62. The van der Waals surface area contributed by atoms with E-state index in [0.717, 1.165) is 6.08 Å². The van der Waals surface area contributed by atoms with Gasteiger partial charge in [-0.05, 0) is 48.7 Å². The number of amides is 2. The van der Waals surface area contributed by atoms with Crippen LogP contribution in [-0.2, 0) is 9.59 Å². The first-order valence-electron chi connectivity index (χ1n) is 9.43. The van der Waals surface area contributed by atoms with Crippen molar-refractivity contribution >= 4 is 17.9 Å². The first-order chi connectivity index (χ1) is 14.7. The number of nitrogens with zero attached hydrogens (tertiary/aromatic N) is 2. The van der Waals surface area contributed by atoms with E-state index < -0.39 is 36.4 Å². The van der Waals surface area contributed by atoms with Gasteiger partial charge in [0, 0.05) is 18.8 Å². The van der Waals surface area contributed by atoms with Gasteiger partial charge in [0.2, 0.25) is 11.8 Å². The number of carbonyl (C=O) groups is 2. The van der Waals surface area contributed by atoms with Gasteiger partial charge < -0.3 is 15.0 Å². The van der Waals surface area contributed by atoms with Crippen LogP contribution >= 0.6 is 0 Å². The van der Waals surface area contributed by atoms with Gasteiger partial charge in [-0.1, -0.05) is 6.07 Å². The fraction of sp³-hybridized carbons (Fsp3) is 0.286. The van der Waals surface area contributed by atoms with Crippen LogP contribution in [0.3, 0.4) is 0 Å². The SMILES string of the molecule is O=C(NCC(F)(F)F)C1CCCN1C(=O)/C=C/c1ccc(Oc2cccnc2)c(F)c1. The highest BCUT2D eigenvalue weighted by molar-refractivity contribution is 5.96. The Morgan fingerprint density at radius 1 is 1.29 bits per heavy atom. The Bertz CT molecular complexity index is 964. The van der Waals surface area contributed by atoms with Gasteiger partial charge in [0.05, 0.1) is 6.20 Å². The first kappa shape index (κ1) is 22.3. The molecule has 2 amide bonds. The minimum absolute atomic E-state index is 0.0163. The van der Waals surface area contributed by atoms with E-state index in [1.807, 2.05) is 0 Å². The van der Waals surface area contributed by atoms with Crippen molar-refractivity contribution in [1.82, 2.24) is 15.2 Å². The minimum atomic E-state index is -4.53. The second-order valence-electron chi connectivity index (χ2n) is 6.84. The molecule has 1 atom stereocenters. The molecular formula is C21H19F4N3O3. The number of ether oxygens (including phenoxy) is 1. The molecule has 0 bridgehead atoms. The average Bonchev–Trinajstić information content (AvgIpc) is 3.22. The Labute approximate surface area is 175 Å². The summed E-state index contributed by atoms with van der Waals surface area (Å²) < 4.78 is 56.6. The second kappa shape index (κ2) is 9.59. The Hall–Kier alpha value is -3.43. The van der Waals surface area contributed by atoms with Crippen molar-refractivity contribution in [2.45, 2.75) is 25.1 Å². The molecule has 1 aliphatic rings. The van der Waals surface area contributed by atoms with Crippen molar-refractivity contribution < 1.29 is 31.9 Å². The van der Waals surface area contributed by atoms with Gasteiger partial charge in [0.15, 0.2) is 11.6 Å². The maximum atomic E-state index is 14.3. The zero-order valence-electron chi connectivity index (χ0n) is 16.2. The van der Waals surface area contributed by atoms with E-state index in [0.29, 0.717) is 17.7 Å². The van der Waals surface area contributed by atoms with Crippen molar-refractivity contribution in [2.24, 2.45) is 0 Å². The second-order valence-corrected chi connectivity index (χ2v) is 6.84. The van der Waals surface area contributed by atoms with Crippen LogP contribution in [-0.4, -0.2) is 47.0 Å². The van der Waals surface area contributed by atoms with E-state index >= 15 is 0 Å². The highest BCUT2D eigenvalue weighted by Gasteiger charge is 2.35. The molecule has 0 spiro atoms. The van der Waals surface area contributed by atoms with Crippen LogP contribution < -0.4 is 10.1 Å². The lowest BCUT2D eigenvalue weighted by atomic mass is 10.1. The van der Waals surface area contributed by atoms with Crippen LogP contribution in [0.5, 0.6) is 11.5 Å². The molecule has 1 aliphatic heterocycles. The van der Waals surface area contributed by atoms with Crippen LogP contribution in [0.15, 0.2) is 48.8 Å². The summed E-state index contributed by atoms with van der Waals surface area (Å²) in [6.07, 6.45) is 1.76. The van der Waals surface area contributed by atoms with E-state index in [1.165, 1.54) is 35.4 Å². The lowest BCUT2D eigenvalue weighted by Gasteiger charge is -2.23. The maximum absolute atomic E-state index is 14.3. The number of benzene rings is 1. The third kappa shape index (κ3) is 6.27. The molecule has 1 aromatic heterocycles. The minimum Gasteiger partial charge on any atom is -0.453 e. The van der Waals surface area contributed by atoms with E-state index in [1.54, 1.807) is 23.6 Å². The molecule has 1 saturated heterocycles. The number of nitrogens with one attached hydrogen (secondary N) is 1. The molecule has 1 N–H and O–H groups in total. The Kier molecular flexibility index (Phi) is 6.88. The molecule has 31 heavy (non-hydrogen) atoms. The van der Waals surface area contributed by atoms with Crippen LogP contribution in [0, 0.1) is 5.82 Å². The normalized spacial score (nSPS) is 16.5. The van der Waals surface area contributed by atoms with Crippen LogP contribution in [0.4, 0.5) is 17.6 Å². The largest absolute Gasteiger partial charge is 0.453 e. The number of hydrogen-bond acceptors (Lipinski definition) is 4. The number of pyridine rings is 1. The number of alkyl halides is 3. The zero-order chi connectivity index (χ0) is 22.4. The van der Waals surface area contributed by atoms with Gasteiger partial charge in [-0.3, -0.25) is 14.6 Å². The van der Waals surface area contributed by atoms with Crippen LogP contribution in [0.1, 0.15) is 18.4 Å². The van der Waals surface area contributed by atoms with E-state index in [-0.39, 0.29) is 18.7 Å². The molecule has 3 rings (SSSR count). The third-order valence-electron chi connectivity index (χ3n) is 4.54. The third-order valence-corrected chi connectivity index (χ3v) is 4.54. The molecule has 10 heteroatoms. The molecule has 164 valence electrons. The van der Waals surface area contributed by atoms with Crippen molar-refractivity contribution in [3.63, 3.8) is 0 Å². The molecule has 2 aromatic rings. The summed E-state index contributed by atoms with van der Waals surface area (Å²) in [5, 5.41) is 1.81. The number of aromatic nitrogens is 1. The van der Waals surface area contributed by atoms with Gasteiger partial charge in [0.1, 0.15) is 18.3 Å². The predicted molar refractivity (Wildman–Crippen MR) is 104 cm³/mol. The summed E-state index contributed by atoms with van der Waals surface area (Å²) in [4.78, 5) is 29.5. The van der Waals surface area contributed by atoms with Gasteiger partial charge >= 0.3 is 6.18 Å². The molecule has 0 radical (unpaired) electrons. The number of likely N-dealkylation sites (tertiary alicyclic amines) is 1. The molecule has 0 aliphatic carbocycles. The molecular weight excluding hydrogens is 418 g/mol. The van der Waals surface area contributed by atoms with Gasteiger partial charge in [0.25, 0.3) is 0 Å². The summed E-state index contributed by atoms with van der Waals surface area (Å²) in [6, 6.07) is 6.41. The molecule has 0 saturated carbocycles. The standard InChI is InChI=1S/C21H19F4N3O3/c22-16-11-14(5-7-18(16)31-15-3-1-9-26-12-15)6-8-19(29)28-10-2-4-17(28)20(30)27-13-21(23,24)25/h1,3,5-9,11-12,17H,2,4,10,13H2,(H,27,30)/b8-6+. The maximum Gasteiger partial charge on any atom is 0.405 e. The van der Waals surface area contributed by atoms with Gasteiger partial charge in [-0.15, -0.1) is 0 Å². The summed E-state index contributed by atoms with van der Waals surface area (Å²) in [7, 11) is 0. The van der Waals surface area contributed by atoms with Gasteiger partial charge in [-0.25, -0.2) is 4.39 Å². The highest BCUT2D eigenvalue weighted by atomic mass is 19.4. The number of rotatable bonds is 6. The van der Waals surface area contributed by atoms with Crippen LogP contribution in [0.2, 0.25) is 0 Å². The molecule has 1 unspecified atom stereocenters. The fourth-order valence-electron chi connectivity index (χ4n) is 3.11. The Morgan fingerprint density at radius 3 is 2.77 bits per heavy atom. The van der Waals surface area contributed by atoms with Crippen molar-refractivity contribution in [3.8, 4) is 11.5 Å². The average molecular weight is 437 g/mol. The van der Waals surface area contributed by atoms with E-state index in [2.05, 4.69) is 4.98 Å². The lowest BCUT2D eigenvalue weighted by Crippen LogP contribution is -2.47. The quantitative estimate of drug-likeness (QED) is 0.553. The van der Waals surface area contributed by atoms with Crippen LogP contribution in [0.25, 0.3) is 6.08 Å². The topological polar surface area (TPSA) is 71.5 Å². The molecule has 1 aromatic carbocycles. The van der Waals surface area contributed by atoms with E-state index in [4.69, 9.17) is 4.74 Å². The molecule has 1 fully saturated rings. The Morgan fingerprint density at radius 2 is 2.10 bits per heavy atom. The highest BCUT2D eigenvalue weighted by Crippen LogP contribution is 2.25. The molecule has 2 heterocycles. The van der Waals surface area contributed by atoms with Crippen molar-refractivity contribution in [2.75, 3.05) is 13.1 Å². The van der Waals surface area contributed by atoms with E-state index in [9.17, 15) is 27.2 Å². The zero-order valence-corrected chi connectivity index (χ0v) is 16.2. The first-order valence-corrected chi connectivity index (χ1v) is 9.43. The summed E-state index contributed by atoms with van der Waals surface area (Å²) in [5.74, 6) is -1.69. The summed E-state index contributed by atoms with van der Waals surface area (Å²) >= 11 is 0. The summed E-state index contributed by atoms with van der Waals surface area (Å²) in [5.41, 5.74) is 0.377. The predicted octanol–water partition coefficient (Wildman–Crippen LogP) is 3.70.